The minimum absolute atomic E-state index is 0.130. The van der Waals surface area contributed by atoms with Gasteiger partial charge in [-0.15, -0.1) is 0 Å². The molecule has 192 valence electrons. The summed E-state index contributed by atoms with van der Waals surface area (Å²) < 4.78 is 6.05. The Morgan fingerprint density at radius 1 is 0.853 bits per heavy atom. The molecule has 0 unspecified atom stereocenters. The lowest BCUT2D eigenvalue weighted by molar-refractivity contribution is 0.0915. The predicted octanol–water partition coefficient (Wildman–Crippen LogP) is 8.30. The molecule has 4 rings (SSSR count). The van der Waals surface area contributed by atoms with Gasteiger partial charge in [0.25, 0.3) is 0 Å². The summed E-state index contributed by atoms with van der Waals surface area (Å²) in [5.74, 6) is 5.16. The molecule has 0 spiro atoms. The van der Waals surface area contributed by atoms with Gasteiger partial charge in [0.15, 0.2) is 0 Å². The van der Waals surface area contributed by atoms with Crippen molar-refractivity contribution in [1.29, 1.82) is 0 Å². The molecule has 0 atom stereocenters. The first-order chi connectivity index (χ1) is 16.5. The van der Waals surface area contributed by atoms with E-state index in [2.05, 4.69) is 19.1 Å². The quantitative estimate of drug-likeness (QED) is 0.439. The van der Waals surface area contributed by atoms with Gasteiger partial charge in [0.05, 0.1) is 12.7 Å². The molecule has 2 N–H and O–H groups in total. The van der Waals surface area contributed by atoms with Gasteiger partial charge in [0, 0.05) is 11.1 Å². The molecule has 3 aliphatic carbocycles. The first-order valence-electron chi connectivity index (χ1n) is 14.3. The van der Waals surface area contributed by atoms with Crippen molar-refractivity contribution in [1.82, 2.24) is 0 Å². The number of allylic oxidation sites excluding steroid dienone is 1. The molecule has 3 aliphatic rings. The lowest BCUT2D eigenvalue weighted by atomic mass is 9.69. The Kier molecular flexibility index (Phi) is 10.8. The fraction of sp³-hybridized carbons (Fsp3) is 0.742. The normalized spacial score (nSPS) is 32.1. The molecule has 3 saturated carbocycles. The molecule has 0 heterocycles. The van der Waals surface area contributed by atoms with E-state index in [9.17, 15) is 10.2 Å². The fourth-order valence-electron chi connectivity index (χ4n) is 6.32. The summed E-state index contributed by atoms with van der Waals surface area (Å²) in [7, 11) is 0. The first kappa shape index (κ1) is 27.1. The molecule has 0 radical (unpaired) electrons. The smallest absolute Gasteiger partial charge is 0.129 e. The number of benzene rings is 1. The van der Waals surface area contributed by atoms with Crippen molar-refractivity contribution in [3.63, 3.8) is 0 Å². The summed E-state index contributed by atoms with van der Waals surface area (Å²) in [6.45, 7) is 9.03. The SMILES string of the molecule is CC.Cc1c(OCC2CCC(O)CC2)ccc(/C=C/C2CCC(C3CCC(C)CC3)CC2)c1O. The van der Waals surface area contributed by atoms with Crippen LogP contribution in [0.25, 0.3) is 6.08 Å². The number of ether oxygens (including phenoxy) is 1. The standard InChI is InChI=1S/C29H44O3.C2H6/c1-20-3-10-24(11-4-20)25-12-5-22(6-13-25)7-14-26-15-18-28(21(2)29(26)31)32-19-23-8-16-27(30)17-9-23;1-2/h7,14-15,18,20,22-25,27,30-31H,3-6,8-13,16-17,19H2,1-2H3;1-2H3/b14-7+;. The highest BCUT2D eigenvalue weighted by molar-refractivity contribution is 5.62. The average molecular weight is 471 g/mol. The summed E-state index contributed by atoms with van der Waals surface area (Å²) in [6.07, 6.45) is 19.3. The largest absolute Gasteiger partial charge is 0.507 e. The van der Waals surface area contributed by atoms with E-state index in [1.807, 2.05) is 32.9 Å². The van der Waals surface area contributed by atoms with Crippen LogP contribution in [0.4, 0.5) is 0 Å². The van der Waals surface area contributed by atoms with Gasteiger partial charge in [-0.25, -0.2) is 0 Å². The Hall–Kier alpha value is -1.48. The number of rotatable bonds is 6. The lowest BCUT2D eigenvalue weighted by Gasteiger charge is -2.36. The van der Waals surface area contributed by atoms with Crippen LogP contribution in [-0.4, -0.2) is 22.9 Å². The molecule has 3 heteroatoms. The molecular formula is C31H50O3. The minimum atomic E-state index is -0.130. The van der Waals surface area contributed by atoms with Gasteiger partial charge in [0.2, 0.25) is 0 Å². The monoisotopic (exact) mass is 470 g/mol. The number of hydrogen-bond donors (Lipinski definition) is 2. The molecule has 0 bridgehead atoms. The van der Waals surface area contributed by atoms with Crippen molar-refractivity contribution in [2.75, 3.05) is 6.61 Å². The number of phenols is 1. The summed E-state index contributed by atoms with van der Waals surface area (Å²) in [6, 6.07) is 4.00. The summed E-state index contributed by atoms with van der Waals surface area (Å²) in [4.78, 5) is 0. The van der Waals surface area contributed by atoms with Crippen molar-refractivity contribution >= 4 is 6.08 Å². The van der Waals surface area contributed by atoms with Gasteiger partial charge in [0.1, 0.15) is 11.5 Å². The van der Waals surface area contributed by atoms with Gasteiger partial charge < -0.3 is 14.9 Å². The fourth-order valence-corrected chi connectivity index (χ4v) is 6.32. The molecular weight excluding hydrogens is 420 g/mol. The van der Waals surface area contributed by atoms with Crippen LogP contribution >= 0.6 is 0 Å². The number of aromatic hydroxyl groups is 1. The minimum Gasteiger partial charge on any atom is -0.507 e. The highest BCUT2D eigenvalue weighted by Gasteiger charge is 2.29. The van der Waals surface area contributed by atoms with Crippen molar-refractivity contribution in [2.24, 2.45) is 29.6 Å². The number of phenolic OH excluding ortho intramolecular Hbond substituents is 1. The van der Waals surface area contributed by atoms with E-state index in [1.165, 1.54) is 51.4 Å². The van der Waals surface area contributed by atoms with E-state index in [0.717, 1.165) is 60.3 Å². The van der Waals surface area contributed by atoms with Crippen LogP contribution in [0.3, 0.4) is 0 Å². The van der Waals surface area contributed by atoms with Gasteiger partial charge in [-0.2, -0.15) is 0 Å². The Bertz CT molecular complexity index is 746. The van der Waals surface area contributed by atoms with Crippen molar-refractivity contribution in [3.05, 3.63) is 29.3 Å². The second kappa shape index (κ2) is 13.6. The summed E-state index contributed by atoms with van der Waals surface area (Å²) in [5, 5.41) is 20.4. The zero-order valence-corrected chi connectivity index (χ0v) is 22.3. The maximum Gasteiger partial charge on any atom is 0.129 e. The van der Waals surface area contributed by atoms with E-state index < -0.39 is 0 Å². The third-order valence-corrected chi connectivity index (χ3v) is 8.79. The van der Waals surface area contributed by atoms with Crippen LogP contribution in [0.1, 0.15) is 109 Å². The molecule has 34 heavy (non-hydrogen) atoms. The maximum atomic E-state index is 10.7. The molecule has 1 aromatic rings. The number of hydrogen-bond acceptors (Lipinski definition) is 3. The molecule has 0 aliphatic heterocycles. The van der Waals surface area contributed by atoms with Gasteiger partial charge in [-0.05, 0) is 113 Å². The highest BCUT2D eigenvalue weighted by Crippen LogP contribution is 2.42. The molecule has 3 fully saturated rings. The second-order valence-corrected chi connectivity index (χ2v) is 11.2. The van der Waals surface area contributed by atoms with E-state index in [4.69, 9.17) is 4.74 Å². The predicted molar refractivity (Wildman–Crippen MR) is 143 cm³/mol. The zero-order chi connectivity index (χ0) is 24.5. The average Bonchev–Trinajstić information content (AvgIpc) is 2.87. The number of aliphatic hydroxyl groups excluding tert-OH is 1. The third kappa shape index (κ3) is 7.51. The Morgan fingerprint density at radius 3 is 2.06 bits per heavy atom. The molecule has 1 aromatic carbocycles. The summed E-state index contributed by atoms with van der Waals surface area (Å²) >= 11 is 0. The molecule has 0 saturated heterocycles. The van der Waals surface area contributed by atoms with Gasteiger partial charge >= 0.3 is 0 Å². The van der Waals surface area contributed by atoms with Crippen molar-refractivity contribution in [2.45, 2.75) is 111 Å². The first-order valence-corrected chi connectivity index (χ1v) is 14.3. The van der Waals surface area contributed by atoms with Crippen molar-refractivity contribution in [3.8, 4) is 11.5 Å². The van der Waals surface area contributed by atoms with Crippen molar-refractivity contribution < 1.29 is 14.9 Å². The van der Waals surface area contributed by atoms with Crippen LogP contribution < -0.4 is 4.74 Å². The van der Waals surface area contributed by atoms with Gasteiger partial charge in [-0.3, -0.25) is 0 Å². The van der Waals surface area contributed by atoms with Crippen LogP contribution in [0.2, 0.25) is 0 Å². The zero-order valence-electron chi connectivity index (χ0n) is 22.3. The van der Waals surface area contributed by atoms with E-state index >= 15 is 0 Å². The third-order valence-electron chi connectivity index (χ3n) is 8.79. The Morgan fingerprint density at radius 2 is 1.44 bits per heavy atom. The van der Waals surface area contributed by atoms with Crippen LogP contribution in [0.5, 0.6) is 11.5 Å². The molecule has 3 nitrogen and oxygen atoms in total. The van der Waals surface area contributed by atoms with E-state index in [0.29, 0.717) is 24.2 Å². The maximum absolute atomic E-state index is 10.7. The second-order valence-electron chi connectivity index (χ2n) is 11.2. The molecule has 0 amide bonds. The molecule has 0 aromatic heterocycles. The lowest BCUT2D eigenvalue weighted by Crippen LogP contribution is -2.24. The number of aliphatic hydroxyl groups is 1. The Balaban J connectivity index is 0.00000158. The van der Waals surface area contributed by atoms with Gasteiger partial charge in [-0.1, -0.05) is 45.8 Å². The highest BCUT2D eigenvalue weighted by atomic mass is 16.5. The van der Waals surface area contributed by atoms with Crippen LogP contribution in [-0.2, 0) is 0 Å². The Labute approximate surface area is 209 Å². The topological polar surface area (TPSA) is 49.7 Å². The van der Waals surface area contributed by atoms with E-state index in [1.54, 1.807) is 0 Å². The van der Waals surface area contributed by atoms with Crippen LogP contribution in [0.15, 0.2) is 18.2 Å². The summed E-state index contributed by atoms with van der Waals surface area (Å²) in [5.41, 5.74) is 1.73. The van der Waals surface area contributed by atoms with E-state index in [-0.39, 0.29) is 6.10 Å². The van der Waals surface area contributed by atoms with Crippen LogP contribution in [0, 0.1) is 36.5 Å².